The average Bonchev–Trinajstić information content (AvgIpc) is 2.60. The van der Waals surface area contributed by atoms with E-state index in [1.165, 1.54) is 18.1 Å². The third-order valence-electron chi connectivity index (χ3n) is 3.91. The maximum Gasteiger partial charge on any atom is 0.360 e. The SMILES string of the molecule is CCC(=C(C(=O)O)C(=O)O)N(CC)c1cc2cc(OC)ccc2oc1=O. The molecule has 0 amide bonds. The molecule has 0 radical (unpaired) electrons. The summed E-state index contributed by atoms with van der Waals surface area (Å²) < 4.78 is 10.5. The first-order valence-electron chi connectivity index (χ1n) is 7.93. The second kappa shape index (κ2) is 7.73. The summed E-state index contributed by atoms with van der Waals surface area (Å²) in [6.45, 7) is 3.50. The molecule has 0 aliphatic heterocycles. The minimum absolute atomic E-state index is 0.0158. The molecule has 0 fully saturated rings. The number of anilines is 1. The van der Waals surface area contributed by atoms with Crippen LogP contribution in [-0.2, 0) is 9.59 Å². The highest BCUT2D eigenvalue weighted by Gasteiger charge is 2.26. The molecule has 0 aliphatic carbocycles. The van der Waals surface area contributed by atoms with Gasteiger partial charge < -0.3 is 24.3 Å². The molecule has 2 N–H and O–H groups in total. The van der Waals surface area contributed by atoms with Crippen molar-refractivity contribution in [1.29, 1.82) is 0 Å². The summed E-state index contributed by atoms with van der Waals surface area (Å²) in [5.74, 6) is -2.58. The molecule has 0 aliphatic rings. The highest BCUT2D eigenvalue weighted by Crippen LogP contribution is 2.26. The zero-order chi connectivity index (χ0) is 19.4. The number of fused-ring (bicyclic) bond motifs is 1. The molecule has 0 bridgehead atoms. The first kappa shape index (κ1) is 19.0. The molecule has 2 rings (SSSR count). The van der Waals surface area contributed by atoms with Crippen molar-refractivity contribution < 1.29 is 29.0 Å². The van der Waals surface area contributed by atoms with Crippen LogP contribution in [-0.4, -0.2) is 35.8 Å². The van der Waals surface area contributed by atoms with Gasteiger partial charge in [0.1, 0.15) is 17.0 Å². The first-order valence-corrected chi connectivity index (χ1v) is 7.93. The molecular formula is C18H19NO7. The summed E-state index contributed by atoms with van der Waals surface area (Å²) in [7, 11) is 1.50. The van der Waals surface area contributed by atoms with E-state index in [4.69, 9.17) is 9.15 Å². The summed E-state index contributed by atoms with van der Waals surface area (Å²) in [4.78, 5) is 36.5. The molecule has 1 heterocycles. The second-order valence-electron chi connectivity index (χ2n) is 5.35. The molecule has 26 heavy (non-hydrogen) atoms. The van der Waals surface area contributed by atoms with Gasteiger partial charge in [0.25, 0.3) is 0 Å². The van der Waals surface area contributed by atoms with Crippen molar-refractivity contribution in [2.75, 3.05) is 18.6 Å². The van der Waals surface area contributed by atoms with E-state index >= 15 is 0 Å². The number of allylic oxidation sites excluding steroid dienone is 1. The monoisotopic (exact) mass is 361 g/mol. The van der Waals surface area contributed by atoms with Crippen LogP contribution in [0.5, 0.6) is 5.75 Å². The highest BCUT2D eigenvalue weighted by atomic mass is 16.5. The Morgan fingerprint density at radius 3 is 2.31 bits per heavy atom. The predicted octanol–water partition coefficient (Wildman–Crippen LogP) is 2.46. The van der Waals surface area contributed by atoms with Crippen LogP contribution < -0.4 is 15.3 Å². The number of ether oxygens (including phenoxy) is 1. The first-order chi connectivity index (χ1) is 12.3. The fourth-order valence-electron chi connectivity index (χ4n) is 2.75. The average molecular weight is 361 g/mol. The standard InChI is InChI=1S/C18H19NO7/c1-4-12(15(16(20)21)17(22)23)19(5-2)13-9-10-8-11(25-3)6-7-14(10)26-18(13)24/h6-9H,4-5H2,1-3H3,(H,20,21)(H,22,23). The predicted molar refractivity (Wildman–Crippen MR) is 94.6 cm³/mol. The van der Waals surface area contributed by atoms with E-state index in [2.05, 4.69) is 0 Å². The zero-order valence-corrected chi connectivity index (χ0v) is 14.6. The second-order valence-corrected chi connectivity index (χ2v) is 5.35. The summed E-state index contributed by atoms with van der Waals surface area (Å²) >= 11 is 0. The molecule has 8 heteroatoms. The van der Waals surface area contributed by atoms with Crippen molar-refractivity contribution in [3.05, 3.63) is 46.0 Å². The summed E-state index contributed by atoms with van der Waals surface area (Å²) in [5, 5.41) is 19.1. The molecule has 0 saturated carbocycles. The number of benzene rings is 1. The molecule has 0 unspecified atom stereocenters. The maximum atomic E-state index is 12.4. The normalized spacial score (nSPS) is 10.4. The van der Waals surface area contributed by atoms with Gasteiger partial charge in [0.05, 0.1) is 7.11 Å². The van der Waals surface area contributed by atoms with Crippen molar-refractivity contribution in [3.8, 4) is 5.75 Å². The molecule has 2 aromatic rings. The van der Waals surface area contributed by atoms with Gasteiger partial charge in [-0.2, -0.15) is 0 Å². The minimum atomic E-state index is -1.57. The molecule has 1 aromatic carbocycles. The van der Waals surface area contributed by atoms with Gasteiger partial charge >= 0.3 is 17.6 Å². The van der Waals surface area contributed by atoms with Crippen LogP contribution >= 0.6 is 0 Å². The largest absolute Gasteiger partial charge is 0.497 e. The van der Waals surface area contributed by atoms with Gasteiger partial charge in [-0.15, -0.1) is 0 Å². The Hall–Kier alpha value is -3.29. The van der Waals surface area contributed by atoms with E-state index in [-0.39, 0.29) is 24.4 Å². The smallest absolute Gasteiger partial charge is 0.360 e. The number of nitrogens with zero attached hydrogens (tertiary/aromatic N) is 1. The number of hydrogen-bond acceptors (Lipinski definition) is 6. The molecular weight excluding hydrogens is 342 g/mol. The lowest BCUT2D eigenvalue weighted by molar-refractivity contribution is -0.140. The van der Waals surface area contributed by atoms with Crippen molar-refractivity contribution in [1.82, 2.24) is 0 Å². The maximum absolute atomic E-state index is 12.4. The fraction of sp³-hybridized carbons (Fsp3) is 0.278. The number of carboxylic acid groups (broad SMARTS) is 2. The zero-order valence-electron chi connectivity index (χ0n) is 14.6. The number of aliphatic carboxylic acids is 2. The van der Waals surface area contributed by atoms with Gasteiger partial charge in [0, 0.05) is 17.6 Å². The molecule has 1 aromatic heterocycles. The Bertz CT molecular complexity index is 926. The summed E-state index contributed by atoms with van der Waals surface area (Å²) in [6, 6.07) is 6.43. The third kappa shape index (κ3) is 3.53. The van der Waals surface area contributed by atoms with E-state index in [9.17, 15) is 24.6 Å². The summed E-state index contributed by atoms with van der Waals surface area (Å²) in [6.07, 6.45) is 0.108. The van der Waals surface area contributed by atoms with E-state index in [1.54, 1.807) is 32.0 Å². The Morgan fingerprint density at radius 1 is 1.15 bits per heavy atom. The molecule has 0 spiro atoms. The number of carboxylic acids is 2. The van der Waals surface area contributed by atoms with E-state index in [1.807, 2.05) is 0 Å². The van der Waals surface area contributed by atoms with Crippen LogP contribution in [0, 0.1) is 0 Å². The Labute approximate surface area is 148 Å². The highest BCUT2D eigenvalue weighted by molar-refractivity contribution is 6.13. The van der Waals surface area contributed by atoms with Gasteiger partial charge in [0.2, 0.25) is 0 Å². The van der Waals surface area contributed by atoms with Gasteiger partial charge in [-0.25, -0.2) is 14.4 Å². The lowest BCUT2D eigenvalue weighted by atomic mass is 10.1. The van der Waals surface area contributed by atoms with Crippen molar-refractivity contribution in [2.45, 2.75) is 20.3 Å². The van der Waals surface area contributed by atoms with E-state index in [0.717, 1.165) is 0 Å². The number of rotatable bonds is 7. The Kier molecular flexibility index (Phi) is 5.66. The molecule has 8 nitrogen and oxygen atoms in total. The van der Waals surface area contributed by atoms with Crippen molar-refractivity contribution in [2.24, 2.45) is 0 Å². The minimum Gasteiger partial charge on any atom is -0.497 e. The van der Waals surface area contributed by atoms with E-state index < -0.39 is 23.1 Å². The lowest BCUT2D eigenvalue weighted by Crippen LogP contribution is -2.31. The van der Waals surface area contributed by atoms with Crippen molar-refractivity contribution in [3.63, 3.8) is 0 Å². The third-order valence-corrected chi connectivity index (χ3v) is 3.91. The van der Waals surface area contributed by atoms with Gasteiger partial charge in [0.15, 0.2) is 5.57 Å². The van der Waals surface area contributed by atoms with Crippen LogP contribution in [0.3, 0.4) is 0 Å². The van der Waals surface area contributed by atoms with Crippen LogP contribution in [0.2, 0.25) is 0 Å². The van der Waals surface area contributed by atoms with Gasteiger partial charge in [-0.1, -0.05) is 6.92 Å². The van der Waals surface area contributed by atoms with Gasteiger partial charge in [-0.3, -0.25) is 0 Å². The van der Waals surface area contributed by atoms with E-state index in [0.29, 0.717) is 16.7 Å². The lowest BCUT2D eigenvalue weighted by Gasteiger charge is -2.25. The molecule has 0 atom stereocenters. The quantitative estimate of drug-likeness (QED) is 0.334. The fourth-order valence-corrected chi connectivity index (χ4v) is 2.75. The van der Waals surface area contributed by atoms with Crippen LogP contribution in [0.25, 0.3) is 11.0 Å². The summed E-state index contributed by atoms with van der Waals surface area (Å²) in [5.41, 5.74) is -1.05. The molecule has 138 valence electrons. The Balaban J connectivity index is 2.74. The van der Waals surface area contributed by atoms with Crippen LogP contribution in [0.15, 0.2) is 44.7 Å². The van der Waals surface area contributed by atoms with Crippen LogP contribution in [0.1, 0.15) is 20.3 Å². The number of hydrogen-bond donors (Lipinski definition) is 2. The van der Waals surface area contributed by atoms with Gasteiger partial charge in [-0.05, 0) is 37.6 Å². The number of carbonyl (C=O) groups is 2. The van der Waals surface area contributed by atoms with Crippen molar-refractivity contribution >= 4 is 28.6 Å². The van der Waals surface area contributed by atoms with Crippen LogP contribution in [0.4, 0.5) is 5.69 Å². The topological polar surface area (TPSA) is 117 Å². The Morgan fingerprint density at radius 2 is 1.81 bits per heavy atom. The molecule has 0 saturated heterocycles. The number of methoxy groups -OCH3 is 1.